The van der Waals surface area contributed by atoms with Gasteiger partial charge in [-0.15, -0.1) is 0 Å². The molecule has 5 heteroatoms. The SMILES string of the molecule is CCOC(=O)c1ccoc1CN1CCC[C@@H]1CO. The molecule has 0 bridgehead atoms. The molecule has 0 amide bonds. The zero-order chi connectivity index (χ0) is 13.0. The average molecular weight is 253 g/mol. The molecule has 100 valence electrons. The van der Waals surface area contributed by atoms with Crippen LogP contribution in [0.2, 0.25) is 0 Å². The van der Waals surface area contributed by atoms with Gasteiger partial charge in [-0.25, -0.2) is 4.79 Å². The van der Waals surface area contributed by atoms with Gasteiger partial charge in [-0.2, -0.15) is 0 Å². The smallest absolute Gasteiger partial charge is 0.341 e. The normalized spacial score (nSPS) is 20.2. The quantitative estimate of drug-likeness (QED) is 0.804. The summed E-state index contributed by atoms with van der Waals surface area (Å²) in [7, 11) is 0. The molecule has 1 aliphatic rings. The number of nitrogens with zero attached hydrogens (tertiary/aromatic N) is 1. The van der Waals surface area contributed by atoms with Crippen LogP contribution in [0.15, 0.2) is 16.7 Å². The molecule has 0 aliphatic carbocycles. The fraction of sp³-hybridized carbons (Fsp3) is 0.615. The van der Waals surface area contributed by atoms with E-state index >= 15 is 0 Å². The molecule has 1 aromatic heterocycles. The first-order chi connectivity index (χ1) is 8.76. The third kappa shape index (κ3) is 2.73. The van der Waals surface area contributed by atoms with Gasteiger partial charge >= 0.3 is 5.97 Å². The Bertz CT molecular complexity index is 401. The van der Waals surface area contributed by atoms with Crippen LogP contribution in [0.25, 0.3) is 0 Å². The fourth-order valence-electron chi connectivity index (χ4n) is 2.35. The third-order valence-corrected chi connectivity index (χ3v) is 3.30. The highest BCUT2D eigenvalue weighted by Gasteiger charge is 2.26. The molecule has 1 aliphatic heterocycles. The number of aliphatic hydroxyl groups is 1. The Hall–Kier alpha value is -1.33. The summed E-state index contributed by atoms with van der Waals surface area (Å²) < 4.78 is 10.3. The molecule has 0 spiro atoms. The molecule has 1 aromatic rings. The van der Waals surface area contributed by atoms with Crippen LogP contribution in [-0.2, 0) is 11.3 Å². The highest BCUT2D eigenvalue weighted by molar-refractivity contribution is 5.90. The Labute approximate surface area is 106 Å². The van der Waals surface area contributed by atoms with Crippen LogP contribution in [0.3, 0.4) is 0 Å². The number of hydrogen-bond acceptors (Lipinski definition) is 5. The second-order valence-electron chi connectivity index (χ2n) is 4.43. The lowest BCUT2D eigenvalue weighted by Crippen LogP contribution is -2.32. The van der Waals surface area contributed by atoms with Crippen molar-refractivity contribution in [3.8, 4) is 0 Å². The van der Waals surface area contributed by atoms with Gasteiger partial charge in [0.15, 0.2) is 0 Å². The zero-order valence-corrected chi connectivity index (χ0v) is 10.6. The topological polar surface area (TPSA) is 62.9 Å². The van der Waals surface area contributed by atoms with Gasteiger partial charge in [-0.3, -0.25) is 4.90 Å². The standard InChI is InChI=1S/C13H19NO4/c1-2-17-13(16)11-5-7-18-12(11)8-14-6-3-4-10(14)9-15/h5,7,10,15H,2-4,6,8-9H2,1H3/t10-/m1/s1. The van der Waals surface area contributed by atoms with Gasteiger partial charge in [0, 0.05) is 6.04 Å². The van der Waals surface area contributed by atoms with Crippen LogP contribution in [0, 0.1) is 0 Å². The Balaban J connectivity index is 2.05. The van der Waals surface area contributed by atoms with Gasteiger partial charge in [0.2, 0.25) is 0 Å². The van der Waals surface area contributed by atoms with Crippen molar-refractivity contribution in [1.29, 1.82) is 0 Å². The Morgan fingerprint density at radius 2 is 2.50 bits per heavy atom. The van der Waals surface area contributed by atoms with Crippen LogP contribution in [0.5, 0.6) is 0 Å². The summed E-state index contributed by atoms with van der Waals surface area (Å²) in [5.74, 6) is 0.273. The van der Waals surface area contributed by atoms with Crippen molar-refractivity contribution in [2.45, 2.75) is 32.4 Å². The van der Waals surface area contributed by atoms with Crippen molar-refractivity contribution >= 4 is 5.97 Å². The van der Waals surface area contributed by atoms with Crippen LogP contribution in [0.1, 0.15) is 35.9 Å². The van der Waals surface area contributed by atoms with E-state index in [0.29, 0.717) is 24.5 Å². The third-order valence-electron chi connectivity index (χ3n) is 3.30. The number of hydrogen-bond donors (Lipinski definition) is 1. The van der Waals surface area contributed by atoms with Crippen LogP contribution >= 0.6 is 0 Å². The number of likely N-dealkylation sites (tertiary alicyclic amines) is 1. The summed E-state index contributed by atoms with van der Waals surface area (Å²) in [5.41, 5.74) is 0.487. The van der Waals surface area contributed by atoms with E-state index in [2.05, 4.69) is 4.90 Å². The molecule has 1 saturated heterocycles. The molecule has 0 aromatic carbocycles. The first kappa shape index (κ1) is 13.1. The summed E-state index contributed by atoms with van der Waals surface area (Å²) in [6.45, 7) is 3.75. The van der Waals surface area contributed by atoms with Crippen molar-refractivity contribution in [2.24, 2.45) is 0 Å². The van der Waals surface area contributed by atoms with Crippen molar-refractivity contribution in [2.75, 3.05) is 19.8 Å². The maximum absolute atomic E-state index is 11.7. The van der Waals surface area contributed by atoms with Crippen LogP contribution < -0.4 is 0 Å². The van der Waals surface area contributed by atoms with E-state index in [1.165, 1.54) is 6.26 Å². The molecule has 18 heavy (non-hydrogen) atoms. The summed E-state index contributed by atoms with van der Waals surface area (Å²) in [6.07, 6.45) is 3.57. The van der Waals surface area contributed by atoms with E-state index in [0.717, 1.165) is 19.4 Å². The number of esters is 1. The Morgan fingerprint density at radius 1 is 1.67 bits per heavy atom. The maximum atomic E-state index is 11.7. The average Bonchev–Trinajstić information content (AvgIpc) is 2.98. The monoisotopic (exact) mass is 253 g/mol. The Kier molecular flexibility index (Phi) is 4.38. The number of ether oxygens (including phenoxy) is 1. The molecule has 0 unspecified atom stereocenters. The number of carbonyl (C=O) groups excluding carboxylic acids is 1. The molecule has 0 radical (unpaired) electrons. The van der Waals surface area contributed by atoms with Gasteiger partial charge < -0.3 is 14.3 Å². The lowest BCUT2D eigenvalue weighted by Gasteiger charge is -2.21. The largest absolute Gasteiger partial charge is 0.467 e. The van der Waals surface area contributed by atoms with E-state index < -0.39 is 0 Å². The van der Waals surface area contributed by atoms with Gasteiger partial charge in [-0.05, 0) is 32.4 Å². The van der Waals surface area contributed by atoms with E-state index in [1.807, 2.05) is 0 Å². The van der Waals surface area contributed by atoms with E-state index in [-0.39, 0.29) is 18.6 Å². The maximum Gasteiger partial charge on any atom is 0.341 e. The van der Waals surface area contributed by atoms with Crippen LogP contribution in [-0.4, -0.2) is 41.8 Å². The minimum absolute atomic E-state index is 0.148. The molecule has 2 heterocycles. The number of carbonyl (C=O) groups is 1. The summed E-state index contributed by atoms with van der Waals surface area (Å²) in [6, 6.07) is 1.81. The number of rotatable bonds is 5. The van der Waals surface area contributed by atoms with Crippen molar-refractivity contribution in [3.05, 3.63) is 23.7 Å². The first-order valence-corrected chi connectivity index (χ1v) is 6.34. The summed E-state index contributed by atoms with van der Waals surface area (Å²) in [5, 5.41) is 9.26. The van der Waals surface area contributed by atoms with E-state index in [9.17, 15) is 9.90 Å². The lowest BCUT2D eigenvalue weighted by molar-refractivity contribution is 0.0521. The molecular formula is C13H19NO4. The predicted octanol–water partition coefficient (Wildman–Crippen LogP) is 1.41. The van der Waals surface area contributed by atoms with E-state index in [4.69, 9.17) is 9.15 Å². The minimum atomic E-state index is -0.346. The number of aliphatic hydroxyl groups excluding tert-OH is 1. The summed E-state index contributed by atoms with van der Waals surface area (Å²) >= 11 is 0. The van der Waals surface area contributed by atoms with Crippen molar-refractivity contribution in [1.82, 2.24) is 4.90 Å². The highest BCUT2D eigenvalue weighted by Crippen LogP contribution is 2.22. The fourth-order valence-corrected chi connectivity index (χ4v) is 2.35. The first-order valence-electron chi connectivity index (χ1n) is 6.34. The summed E-state index contributed by atoms with van der Waals surface area (Å²) in [4.78, 5) is 13.8. The van der Waals surface area contributed by atoms with Gasteiger partial charge in [0.25, 0.3) is 0 Å². The Morgan fingerprint density at radius 3 is 3.22 bits per heavy atom. The molecule has 5 nitrogen and oxygen atoms in total. The molecular weight excluding hydrogens is 234 g/mol. The molecule has 1 atom stereocenters. The second-order valence-corrected chi connectivity index (χ2v) is 4.43. The molecule has 1 N–H and O–H groups in total. The van der Waals surface area contributed by atoms with Crippen LogP contribution in [0.4, 0.5) is 0 Å². The zero-order valence-electron chi connectivity index (χ0n) is 10.6. The lowest BCUT2D eigenvalue weighted by atomic mass is 10.2. The van der Waals surface area contributed by atoms with Crippen molar-refractivity contribution in [3.63, 3.8) is 0 Å². The van der Waals surface area contributed by atoms with Gasteiger partial charge in [0.1, 0.15) is 11.3 Å². The second kappa shape index (κ2) is 6.02. The molecule has 2 rings (SSSR count). The molecule has 0 saturated carbocycles. The van der Waals surface area contributed by atoms with E-state index in [1.54, 1.807) is 13.0 Å². The minimum Gasteiger partial charge on any atom is -0.467 e. The molecule has 1 fully saturated rings. The number of furan rings is 1. The van der Waals surface area contributed by atoms with Crippen molar-refractivity contribution < 1.29 is 19.1 Å². The predicted molar refractivity (Wildman–Crippen MR) is 65.2 cm³/mol. The van der Waals surface area contributed by atoms with Gasteiger partial charge in [-0.1, -0.05) is 0 Å². The van der Waals surface area contributed by atoms with Gasteiger partial charge in [0.05, 0.1) is 26.0 Å². The highest BCUT2D eigenvalue weighted by atomic mass is 16.5.